The van der Waals surface area contributed by atoms with Crippen LogP contribution in [0.1, 0.15) is 5.56 Å². The second-order valence-electron chi connectivity index (χ2n) is 3.82. The summed E-state index contributed by atoms with van der Waals surface area (Å²) in [7, 11) is 1.55. The summed E-state index contributed by atoms with van der Waals surface area (Å²) in [6.07, 6.45) is -1.05. The molecule has 2 rings (SSSR count). The van der Waals surface area contributed by atoms with Crippen LogP contribution >= 0.6 is 0 Å². The molecule has 1 aromatic heterocycles. The standard InChI is InChI=1S/C13H13NO6/c1-18-10-4-2-9(3-5-10)8-19-13(17)20-14-11(15)6-7-12(14)16/h2-7,15-16H,8H2,1H3. The molecule has 0 aliphatic rings. The first kappa shape index (κ1) is 13.6. The molecule has 0 radical (unpaired) electrons. The van der Waals surface area contributed by atoms with Gasteiger partial charge < -0.3 is 19.7 Å². The highest BCUT2D eigenvalue weighted by Gasteiger charge is 2.13. The second-order valence-corrected chi connectivity index (χ2v) is 3.82. The van der Waals surface area contributed by atoms with Crippen molar-refractivity contribution in [3.05, 3.63) is 42.0 Å². The molecule has 1 aromatic carbocycles. The third kappa shape index (κ3) is 3.14. The van der Waals surface area contributed by atoms with E-state index in [2.05, 4.69) is 4.84 Å². The van der Waals surface area contributed by atoms with Gasteiger partial charge in [0, 0.05) is 12.1 Å². The van der Waals surface area contributed by atoms with E-state index in [1.165, 1.54) is 12.1 Å². The second kappa shape index (κ2) is 5.87. The Kier molecular flexibility index (Phi) is 3.99. The number of carbonyl (C=O) groups excluding carboxylic acids is 1. The van der Waals surface area contributed by atoms with Gasteiger partial charge in [0.25, 0.3) is 0 Å². The topological polar surface area (TPSA) is 90.2 Å². The first-order valence-electron chi connectivity index (χ1n) is 5.68. The Labute approximate surface area is 114 Å². The summed E-state index contributed by atoms with van der Waals surface area (Å²) in [5.41, 5.74) is 0.740. The van der Waals surface area contributed by atoms with Gasteiger partial charge in [-0.1, -0.05) is 12.1 Å². The largest absolute Gasteiger partial charge is 0.534 e. The van der Waals surface area contributed by atoms with Gasteiger partial charge >= 0.3 is 6.16 Å². The quantitative estimate of drug-likeness (QED) is 0.827. The molecule has 0 spiro atoms. The number of rotatable bonds is 4. The molecule has 20 heavy (non-hydrogen) atoms. The van der Waals surface area contributed by atoms with Crippen LogP contribution < -0.4 is 9.57 Å². The van der Waals surface area contributed by atoms with Crippen LogP contribution in [-0.2, 0) is 11.3 Å². The average molecular weight is 279 g/mol. The van der Waals surface area contributed by atoms with Crippen LogP contribution in [0.3, 0.4) is 0 Å². The minimum absolute atomic E-state index is 0.00831. The van der Waals surface area contributed by atoms with Crippen molar-refractivity contribution >= 4 is 6.16 Å². The molecule has 0 bridgehead atoms. The van der Waals surface area contributed by atoms with Gasteiger partial charge in [0.1, 0.15) is 12.4 Å². The average Bonchev–Trinajstić information content (AvgIpc) is 2.77. The number of hydrogen-bond acceptors (Lipinski definition) is 6. The van der Waals surface area contributed by atoms with E-state index in [1.54, 1.807) is 31.4 Å². The number of aromatic hydroxyl groups is 2. The number of methoxy groups -OCH3 is 1. The molecule has 7 heteroatoms. The molecule has 0 atom stereocenters. The molecule has 0 saturated carbocycles. The third-order valence-corrected chi connectivity index (χ3v) is 2.48. The van der Waals surface area contributed by atoms with Gasteiger partial charge in [-0.2, -0.15) is 0 Å². The third-order valence-electron chi connectivity index (χ3n) is 2.48. The van der Waals surface area contributed by atoms with Crippen molar-refractivity contribution in [2.75, 3.05) is 7.11 Å². The zero-order chi connectivity index (χ0) is 14.5. The van der Waals surface area contributed by atoms with Crippen molar-refractivity contribution in [3.63, 3.8) is 0 Å². The molecule has 106 valence electrons. The highest BCUT2D eigenvalue weighted by atomic mass is 16.8. The number of ether oxygens (including phenoxy) is 2. The fourth-order valence-electron chi connectivity index (χ4n) is 1.46. The molecular weight excluding hydrogens is 266 g/mol. The Hall–Kier alpha value is -2.83. The predicted molar refractivity (Wildman–Crippen MR) is 67.5 cm³/mol. The highest BCUT2D eigenvalue weighted by molar-refractivity contribution is 5.60. The molecule has 2 aromatic rings. The Morgan fingerprint density at radius 3 is 2.25 bits per heavy atom. The zero-order valence-corrected chi connectivity index (χ0v) is 10.6. The molecule has 0 aliphatic carbocycles. The number of benzene rings is 1. The van der Waals surface area contributed by atoms with Crippen LogP contribution in [0.15, 0.2) is 36.4 Å². The highest BCUT2D eigenvalue weighted by Crippen LogP contribution is 2.19. The molecule has 0 fully saturated rings. The molecule has 0 aliphatic heterocycles. The molecular formula is C13H13NO6. The fourth-order valence-corrected chi connectivity index (χ4v) is 1.46. The van der Waals surface area contributed by atoms with Crippen molar-refractivity contribution in [3.8, 4) is 17.5 Å². The van der Waals surface area contributed by atoms with E-state index in [0.717, 1.165) is 5.56 Å². The van der Waals surface area contributed by atoms with E-state index >= 15 is 0 Å². The lowest BCUT2D eigenvalue weighted by Crippen LogP contribution is -2.20. The number of carbonyl (C=O) groups is 1. The lowest BCUT2D eigenvalue weighted by atomic mass is 10.2. The van der Waals surface area contributed by atoms with E-state index in [9.17, 15) is 15.0 Å². The van der Waals surface area contributed by atoms with Crippen LogP contribution in [0, 0.1) is 0 Å². The van der Waals surface area contributed by atoms with Gasteiger partial charge in [0.15, 0.2) is 0 Å². The molecule has 0 unspecified atom stereocenters. The van der Waals surface area contributed by atoms with Crippen LogP contribution in [0.2, 0.25) is 0 Å². The Morgan fingerprint density at radius 2 is 1.70 bits per heavy atom. The Bertz CT molecular complexity index is 570. The maximum absolute atomic E-state index is 11.4. The summed E-state index contributed by atoms with van der Waals surface area (Å²) in [6, 6.07) is 9.27. The molecule has 7 nitrogen and oxygen atoms in total. The van der Waals surface area contributed by atoms with Gasteiger partial charge in [-0.3, -0.25) is 4.84 Å². The molecule has 0 amide bonds. The summed E-state index contributed by atoms with van der Waals surface area (Å²) in [4.78, 5) is 16.0. The van der Waals surface area contributed by atoms with Crippen molar-refractivity contribution in [2.45, 2.75) is 6.61 Å². The summed E-state index contributed by atoms with van der Waals surface area (Å²) >= 11 is 0. The molecule has 0 saturated heterocycles. The number of nitrogens with zero attached hydrogens (tertiary/aromatic N) is 1. The Balaban J connectivity index is 1.89. The first-order valence-corrected chi connectivity index (χ1v) is 5.68. The number of aromatic nitrogens is 1. The minimum Gasteiger partial charge on any atom is -0.497 e. The van der Waals surface area contributed by atoms with Gasteiger partial charge in [-0.05, 0) is 17.7 Å². The summed E-state index contributed by atoms with van der Waals surface area (Å²) in [5.74, 6) is -0.133. The van der Waals surface area contributed by atoms with Gasteiger partial charge in [0.2, 0.25) is 11.8 Å². The van der Waals surface area contributed by atoms with Crippen molar-refractivity contribution in [1.82, 2.24) is 4.73 Å². The lowest BCUT2D eigenvalue weighted by molar-refractivity contribution is 0.0310. The normalized spacial score (nSPS) is 10.1. The van der Waals surface area contributed by atoms with E-state index in [-0.39, 0.29) is 6.61 Å². The SMILES string of the molecule is COc1ccc(COC(=O)On2c(O)ccc2O)cc1. The van der Waals surface area contributed by atoms with Gasteiger partial charge in [0.05, 0.1) is 7.11 Å². The van der Waals surface area contributed by atoms with Gasteiger partial charge in [-0.15, -0.1) is 4.73 Å². The summed E-state index contributed by atoms with van der Waals surface area (Å²) in [6.45, 7) is -0.00831. The minimum atomic E-state index is -1.05. The zero-order valence-electron chi connectivity index (χ0n) is 10.6. The van der Waals surface area contributed by atoms with Crippen LogP contribution in [0.25, 0.3) is 0 Å². The van der Waals surface area contributed by atoms with Crippen molar-refractivity contribution in [2.24, 2.45) is 0 Å². The van der Waals surface area contributed by atoms with Crippen LogP contribution in [0.4, 0.5) is 4.79 Å². The molecule has 1 heterocycles. The smallest absolute Gasteiger partial charge is 0.497 e. The van der Waals surface area contributed by atoms with Crippen molar-refractivity contribution in [1.29, 1.82) is 0 Å². The van der Waals surface area contributed by atoms with E-state index in [0.29, 0.717) is 10.5 Å². The van der Waals surface area contributed by atoms with Crippen LogP contribution in [-0.4, -0.2) is 28.2 Å². The molecule has 2 N–H and O–H groups in total. The predicted octanol–water partition coefficient (Wildman–Crippen LogP) is 1.67. The van der Waals surface area contributed by atoms with E-state index in [1.807, 2.05) is 0 Å². The van der Waals surface area contributed by atoms with E-state index in [4.69, 9.17) is 9.47 Å². The van der Waals surface area contributed by atoms with Crippen LogP contribution in [0.5, 0.6) is 17.5 Å². The maximum Gasteiger partial charge on any atom is 0.534 e. The lowest BCUT2D eigenvalue weighted by Gasteiger charge is -2.08. The monoisotopic (exact) mass is 279 g/mol. The fraction of sp³-hybridized carbons (Fsp3) is 0.154. The van der Waals surface area contributed by atoms with E-state index < -0.39 is 17.9 Å². The summed E-state index contributed by atoms with van der Waals surface area (Å²) < 4.78 is 10.4. The Morgan fingerprint density at radius 1 is 1.10 bits per heavy atom. The maximum atomic E-state index is 11.4. The summed E-state index contributed by atoms with van der Waals surface area (Å²) in [5, 5.41) is 18.6. The van der Waals surface area contributed by atoms with Gasteiger partial charge in [-0.25, -0.2) is 4.79 Å². The van der Waals surface area contributed by atoms with Crippen molar-refractivity contribution < 1.29 is 29.3 Å². The first-order chi connectivity index (χ1) is 9.60. The number of hydrogen-bond donors (Lipinski definition) is 2.